The van der Waals surface area contributed by atoms with Crippen LogP contribution in [-0.2, 0) is 0 Å². The molecule has 24 heavy (non-hydrogen) atoms. The van der Waals surface area contributed by atoms with Crippen molar-refractivity contribution < 1.29 is 8.78 Å². The van der Waals surface area contributed by atoms with Crippen LogP contribution in [0.15, 0.2) is 35.6 Å². The summed E-state index contributed by atoms with van der Waals surface area (Å²) >= 11 is 0. The molecule has 0 amide bonds. The fourth-order valence-corrected chi connectivity index (χ4v) is 3.10. The lowest BCUT2D eigenvalue weighted by Gasteiger charge is -2.11. The van der Waals surface area contributed by atoms with Crippen LogP contribution in [0.2, 0.25) is 0 Å². The zero-order valence-electron chi connectivity index (χ0n) is 13.2. The van der Waals surface area contributed by atoms with Crippen molar-refractivity contribution in [2.24, 2.45) is 4.99 Å². The highest BCUT2D eigenvalue weighted by Crippen LogP contribution is 2.39. The summed E-state index contributed by atoms with van der Waals surface area (Å²) in [4.78, 5) is 13.2. The van der Waals surface area contributed by atoms with E-state index in [9.17, 15) is 8.78 Å². The summed E-state index contributed by atoms with van der Waals surface area (Å²) < 4.78 is 27.5. The van der Waals surface area contributed by atoms with Crippen LogP contribution in [0.5, 0.6) is 0 Å². The maximum absolute atomic E-state index is 12.9. The molecular weight excluding hydrogens is 312 g/mol. The van der Waals surface area contributed by atoms with Crippen LogP contribution >= 0.6 is 0 Å². The largest absolute Gasteiger partial charge is 0.255 e. The Labute approximate surface area is 137 Å². The minimum atomic E-state index is -2.39. The van der Waals surface area contributed by atoms with Gasteiger partial charge in [-0.3, -0.25) is 4.99 Å². The lowest BCUT2D eigenvalue weighted by molar-refractivity contribution is 0.135. The summed E-state index contributed by atoms with van der Waals surface area (Å²) in [6.07, 6.45) is 0.943. The highest BCUT2D eigenvalue weighted by molar-refractivity contribution is 5.96. The third-order valence-electron chi connectivity index (χ3n) is 4.25. The zero-order chi connectivity index (χ0) is 16.8. The molecule has 0 aromatic carbocycles. The van der Waals surface area contributed by atoms with E-state index in [-0.39, 0.29) is 6.42 Å². The molecule has 1 unspecified atom stereocenters. The first-order valence-corrected chi connectivity index (χ1v) is 7.68. The number of aromatic nitrogens is 4. The molecule has 0 bridgehead atoms. The molecule has 0 radical (unpaired) electrons. The number of halogens is 2. The van der Waals surface area contributed by atoms with E-state index in [1.165, 1.54) is 0 Å². The minimum absolute atomic E-state index is 0.252. The van der Waals surface area contributed by atoms with Crippen LogP contribution in [0, 0.1) is 6.92 Å². The van der Waals surface area contributed by atoms with Crippen LogP contribution in [0.4, 0.5) is 14.5 Å². The maximum atomic E-state index is 12.9. The van der Waals surface area contributed by atoms with E-state index in [0.29, 0.717) is 28.6 Å². The van der Waals surface area contributed by atoms with Crippen LogP contribution in [0.3, 0.4) is 0 Å². The summed E-state index contributed by atoms with van der Waals surface area (Å²) in [5, 5.41) is 4.32. The molecule has 5 nitrogen and oxygen atoms in total. The van der Waals surface area contributed by atoms with Gasteiger partial charge in [0.15, 0.2) is 0 Å². The number of alkyl halides is 2. The van der Waals surface area contributed by atoms with Crippen molar-refractivity contribution in [3.8, 4) is 11.3 Å². The third kappa shape index (κ3) is 2.36. The topological polar surface area (TPSA) is 55.4 Å². The first-order chi connectivity index (χ1) is 11.5. The van der Waals surface area contributed by atoms with Crippen molar-refractivity contribution in [2.45, 2.75) is 32.6 Å². The van der Waals surface area contributed by atoms with Gasteiger partial charge in [-0.05, 0) is 32.0 Å². The second kappa shape index (κ2) is 5.43. The smallest absolute Gasteiger partial charge is 0.239 e. The van der Waals surface area contributed by atoms with Crippen LogP contribution in [-0.4, -0.2) is 31.7 Å². The number of fused-ring (bicyclic) bond motifs is 2. The van der Waals surface area contributed by atoms with Gasteiger partial charge in [-0.15, -0.1) is 0 Å². The molecule has 0 spiro atoms. The maximum Gasteiger partial charge on any atom is 0.239 e. The Bertz CT molecular complexity index is 961. The van der Waals surface area contributed by atoms with Gasteiger partial charge in [0.05, 0.1) is 28.8 Å². The Morgan fingerprint density at radius 3 is 2.83 bits per heavy atom. The molecule has 1 aliphatic rings. The monoisotopic (exact) mass is 327 g/mol. The number of nitrogens with zero attached hydrogens (tertiary/aromatic N) is 5. The lowest BCUT2D eigenvalue weighted by Crippen LogP contribution is -2.10. The molecule has 4 heterocycles. The van der Waals surface area contributed by atoms with E-state index in [4.69, 9.17) is 0 Å². The predicted octanol–water partition coefficient (Wildman–Crippen LogP) is 3.94. The summed E-state index contributed by atoms with van der Waals surface area (Å²) in [7, 11) is 0. The number of aryl methyl sites for hydroxylation is 1. The second-order valence-corrected chi connectivity index (χ2v) is 5.90. The molecule has 0 fully saturated rings. The Kier molecular flexibility index (Phi) is 3.37. The highest BCUT2D eigenvalue weighted by atomic mass is 19.3. The van der Waals surface area contributed by atoms with E-state index in [0.717, 1.165) is 11.1 Å². The Balaban J connectivity index is 1.80. The average Bonchev–Trinajstić information content (AvgIpc) is 3.08. The van der Waals surface area contributed by atoms with Gasteiger partial charge in [-0.25, -0.2) is 23.3 Å². The highest BCUT2D eigenvalue weighted by Gasteiger charge is 2.29. The van der Waals surface area contributed by atoms with Gasteiger partial charge in [0.1, 0.15) is 5.82 Å². The van der Waals surface area contributed by atoms with Crippen LogP contribution in [0.1, 0.15) is 30.8 Å². The van der Waals surface area contributed by atoms with Gasteiger partial charge in [0.25, 0.3) is 0 Å². The van der Waals surface area contributed by atoms with Crippen molar-refractivity contribution in [1.29, 1.82) is 0 Å². The Hall–Kier alpha value is -2.70. The summed E-state index contributed by atoms with van der Waals surface area (Å²) in [5.41, 5.74) is 4.41. The molecule has 0 saturated carbocycles. The molecule has 1 aliphatic heterocycles. The third-order valence-corrected chi connectivity index (χ3v) is 4.25. The average molecular weight is 327 g/mol. The molecule has 3 aromatic rings. The number of aliphatic imine (C=N–C) groups is 1. The number of pyridine rings is 1. The molecule has 1 atom stereocenters. The van der Waals surface area contributed by atoms with Gasteiger partial charge >= 0.3 is 0 Å². The van der Waals surface area contributed by atoms with E-state index in [2.05, 4.69) is 20.1 Å². The normalized spacial score (nSPS) is 16.7. The number of hydrogen-bond acceptors (Lipinski definition) is 4. The van der Waals surface area contributed by atoms with Crippen LogP contribution in [0.25, 0.3) is 16.8 Å². The van der Waals surface area contributed by atoms with Gasteiger partial charge in [0, 0.05) is 29.8 Å². The molecule has 0 aliphatic carbocycles. The molecule has 3 aromatic heterocycles. The molecule has 0 saturated heterocycles. The van der Waals surface area contributed by atoms with E-state index in [1.54, 1.807) is 17.6 Å². The first kappa shape index (κ1) is 14.9. The Morgan fingerprint density at radius 1 is 1.21 bits per heavy atom. The van der Waals surface area contributed by atoms with Gasteiger partial charge < -0.3 is 0 Å². The van der Waals surface area contributed by atoms with Gasteiger partial charge in [-0.2, -0.15) is 5.10 Å². The minimum Gasteiger partial charge on any atom is -0.255 e. The fourth-order valence-electron chi connectivity index (χ4n) is 3.10. The molecule has 0 N–H and O–H groups in total. The Morgan fingerprint density at radius 2 is 2.04 bits per heavy atom. The lowest BCUT2D eigenvalue weighted by atomic mass is 9.97. The van der Waals surface area contributed by atoms with Gasteiger partial charge in [0.2, 0.25) is 6.43 Å². The fraction of sp³-hybridized carbons (Fsp3) is 0.294. The van der Waals surface area contributed by atoms with Crippen molar-refractivity contribution in [2.75, 3.05) is 0 Å². The van der Waals surface area contributed by atoms with E-state index >= 15 is 0 Å². The molecule has 122 valence electrons. The number of hydrogen-bond donors (Lipinski definition) is 0. The van der Waals surface area contributed by atoms with E-state index in [1.807, 2.05) is 31.3 Å². The van der Waals surface area contributed by atoms with Crippen molar-refractivity contribution in [3.05, 3.63) is 42.1 Å². The first-order valence-electron chi connectivity index (χ1n) is 7.68. The van der Waals surface area contributed by atoms with Crippen LogP contribution < -0.4 is 0 Å². The molecule has 7 heteroatoms. The van der Waals surface area contributed by atoms with Gasteiger partial charge in [-0.1, -0.05) is 0 Å². The standard InChI is InChI=1S/C17H15F2N5/c1-9-12(7-16(18)19)17-14(21-9)4-3-13(22-17)11-5-6-24-15(11)8-20-10(2)23-24/h3-6,8,12,16H,7H2,1-2H3. The summed E-state index contributed by atoms with van der Waals surface area (Å²) in [6.45, 7) is 3.60. The van der Waals surface area contributed by atoms with Crippen molar-refractivity contribution >= 4 is 16.9 Å². The molecule has 4 rings (SSSR count). The second-order valence-electron chi connectivity index (χ2n) is 5.90. The number of rotatable bonds is 3. The summed E-state index contributed by atoms with van der Waals surface area (Å²) in [5.74, 6) is 0.250. The van der Waals surface area contributed by atoms with E-state index < -0.39 is 12.3 Å². The SMILES string of the molecule is CC1=Nc2ccc(-c3ccn4nc(C)ncc34)nc2C1CC(F)F. The molecular formula is C17H15F2N5. The summed E-state index contributed by atoms with van der Waals surface area (Å²) in [6, 6.07) is 5.60. The van der Waals surface area contributed by atoms with Crippen molar-refractivity contribution in [3.63, 3.8) is 0 Å². The predicted molar refractivity (Wildman–Crippen MR) is 87.1 cm³/mol. The van der Waals surface area contributed by atoms with Crippen molar-refractivity contribution in [1.82, 2.24) is 19.6 Å². The zero-order valence-corrected chi connectivity index (χ0v) is 13.2. The quantitative estimate of drug-likeness (QED) is 0.732.